The van der Waals surface area contributed by atoms with Crippen LogP contribution in [0.15, 0.2) is 65.7 Å². The molecule has 30 heavy (non-hydrogen) atoms. The first-order valence-corrected chi connectivity index (χ1v) is 10.7. The lowest BCUT2D eigenvalue weighted by Gasteiger charge is -2.25. The molecule has 0 saturated heterocycles. The van der Waals surface area contributed by atoms with E-state index >= 15 is 0 Å². The topological polar surface area (TPSA) is 73.7 Å². The Bertz CT molecular complexity index is 885. The van der Waals surface area contributed by atoms with Crippen molar-refractivity contribution in [1.82, 2.24) is 5.32 Å². The molecule has 160 valence electrons. The molecule has 1 amide bonds. The van der Waals surface area contributed by atoms with Crippen LogP contribution in [0.2, 0.25) is 0 Å². The normalized spacial score (nSPS) is 13.7. The van der Waals surface area contributed by atoms with Crippen molar-refractivity contribution in [2.24, 2.45) is 10.4 Å². The Morgan fingerprint density at radius 3 is 2.30 bits per heavy atom. The number of carbonyl (C=O) groups is 1. The van der Waals surface area contributed by atoms with Gasteiger partial charge in [0.1, 0.15) is 12.2 Å². The van der Waals surface area contributed by atoms with Crippen LogP contribution in [0, 0.1) is 5.41 Å². The average Bonchev–Trinajstić information content (AvgIpc) is 2.72. The number of benzene rings is 2. The van der Waals surface area contributed by atoms with Gasteiger partial charge in [-0.25, -0.2) is 0 Å². The highest BCUT2D eigenvalue weighted by molar-refractivity contribution is 7.95. The Balaban J connectivity index is 2.30. The van der Waals surface area contributed by atoms with Gasteiger partial charge in [-0.05, 0) is 43.5 Å². The van der Waals surface area contributed by atoms with E-state index < -0.39 is 5.41 Å². The maximum Gasteiger partial charge on any atom is 0.225 e. The molecule has 0 radical (unpaired) electrons. The number of allylic oxidation sites excluding steroid dienone is 1. The lowest BCUT2D eigenvalue weighted by molar-refractivity contribution is -0.128. The number of amides is 1. The molecule has 0 spiro atoms. The van der Waals surface area contributed by atoms with Gasteiger partial charge in [0.25, 0.3) is 0 Å². The van der Waals surface area contributed by atoms with E-state index in [1.807, 2.05) is 95.3 Å². The van der Waals surface area contributed by atoms with Gasteiger partial charge in [-0.3, -0.25) is 9.79 Å². The van der Waals surface area contributed by atoms with E-state index in [-0.39, 0.29) is 11.9 Å². The zero-order chi connectivity index (χ0) is 22.1. The first-order valence-electron chi connectivity index (χ1n) is 9.98. The lowest BCUT2D eigenvalue weighted by Crippen LogP contribution is -2.46. The molecule has 3 N–H and O–H groups in total. The monoisotopic (exact) mass is 425 g/mol. The van der Waals surface area contributed by atoms with Gasteiger partial charge in [0.05, 0.1) is 11.7 Å². The van der Waals surface area contributed by atoms with Crippen molar-refractivity contribution in [3.8, 4) is 0 Å². The number of carbonyl (C=O) groups excluding carboxylic acids is 1. The molecule has 0 aliphatic heterocycles. The number of hydrogen-bond donors (Lipinski definition) is 3. The van der Waals surface area contributed by atoms with Crippen LogP contribution in [0.25, 0.3) is 5.70 Å². The van der Waals surface area contributed by atoms with Crippen LogP contribution in [0.1, 0.15) is 45.7 Å². The van der Waals surface area contributed by atoms with Crippen molar-refractivity contribution in [3.63, 3.8) is 0 Å². The number of rotatable bonds is 8. The number of anilines is 1. The van der Waals surface area contributed by atoms with Crippen LogP contribution < -0.4 is 10.0 Å². The summed E-state index contributed by atoms with van der Waals surface area (Å²) in [6.07, 6.45) is 2.60. The molecule has 1 atom stereocenters. The second kappa shape index (κ2) is 11.0. The third kappa shape index (κ3) is 7.04. The fourth-order valence-corrected chi connectivity index (χ4v) is 3.09. The fraction of sp³-hybridized carbons (Fsp3) is 0.333. The second-order valence-electron chi connectivity index (χ2n) is 8.16. The Hall–Kier alpha value is -2.57. The van der Waals surface area contributed by atoms with Crippen molar-refractivity contribution < 1.29 is 9.35 Å². The fourth-order valence-electron chi connectivity index (χ4n) is 2.85. The molecule has 6 heteroatoms. The Morgan fingerprint density at radius 2 is 1.77 bits per heavy atom. The van der Waals surface area contributed by atoms with E-state index in [0.717, 1.165) is 28.2 Å². The van der Waals surface area contributed by atoms with Gasteiger partial charge < -0.3 is 14.6 Å². The summed E-state index contributed by atoms with van der Waals surface area (Å²) in [6.45, 7) is 9.63. The van der Waals surface area contributed by atoms with Gasteiger partial charge in [0.15, 0.2) is 0 Å². The molecule has 2 rings (SSSR count). The third-order valence-corrected chi connectivity index (χ3v) is 5.01. The summed E-state index contributed by atoms with van der Waals surface area (Å²) < 4.78 is 11.7. The standard InChI is InChI=1S/C24H31N3O2S/c1-6-21(19-10-8-7-9-11-19)25-17(2)22(26-23(28)24(3,4)5)16-18-12-14-20(15-13-18)27-30-29/h6-15,22,27,29H,16H2,1-5H3,(H,26,28)/b21-6-,25-17?. The van der Waals surface area contributed by atoms with E-state index in [1.165, 1.54) is 0 Å². The van der Waals surface area contributed by atoms with Crippen LogP contribution in [0.5, 0.6) is 0 Å². The summed E-state index contributed by atoms with van der Waals surface area (Å²) in [5.41, 5.74) is 4.15. The van der Waals surface area contributed by atoms with Gasteiger partial charge in [0.2, 0.25) is 5.91 Å². The van der Waals surface area contributed by atoms with Crippen LogP contribution in [-0.2, 0) is 11.2 Å². The molecule has 0 heterocycles. The molecule has 5 nitrogen and oxygen atoms in total. The predicted molar refractivity (Wildman–Crippen MR) is 129 cm³/mol. The van der Waals surface area contributed by atoms with Gasteiger partial charge in [-0.1, -0.05) is 69.3 Å². The first-order chi connectivity index (χ1) is 14.2. The summed E-state index contributed by atoms with van der Waals surface area (Å²) in [4.78, 5) is 17.6. The van der Waals surface area contributed by atoms with Crippen LogP contribution >= 0.6 is 12.2 Å². The third-order valence-electron chi connectivity index (χ3n) is 4.69. The number of aliphatic imine (C=N–C) groups is 1. The zero-order valence-corrected chi connectivity index (χ0v) is 19.1. The number of hydrogen-bond acceptors (Lipinski definition) is 5. The Morgan fingerprint density at radius 1 is 1.13 bits per heavy atom. The molecule has 0 saturated carbocycles. The molecular formula is C24H31N3O2S. The van der Waals surface area contributed by atoms with Crippen molar-refractivity contribution in [2.75, 3.05) is 4.72 Å². The minimum atomic E-state index is -0.493. The molecule has 0 aliphatic carbocycles. The quantitative estimate of drug-likeness (QED) is 0.283. The molecule has 0 aliphatic rings. The average molecular weight is 426 g/mol. The Labute approximate surface area is 184 Å². The van der Waals surface area contributed by atoms with Crippen molar-refractivity contribution in [1.29, 1.82) is 0 Å². The van der Waals surface area contributed by atoms with E-state index in [0.29, 0.717) is 18.6 Å². The molecule has 0 aromatic heterocycles. The predicted octanol–water partition coefficient (Wildman–Crippen LogP) is 5.82. The Kier molecular flexibility index (Phi) is 8.69. The zero-order valence-electron chi connectivity index (χ0n) is 18.3. The van der Waals surface area contributed by atoms with Gasteiger partial charge in [-0.2, -0.15) is 0 Å². The molecule has 1 unspecified atom stereocenters. The minimum absolute atomic E-state index is 0.0150. The van der Waals surface area contributed by atoms with Gasteiger partial charge >= 0.3 is 0 Å². The second-order valence-corrected chi connectivity index (χ2v) is 8.55. The van der Waals surface area contributed by atoms with E-state index in [1.54, 1.807) is 0 Å². The van der Waals surface area contributed by atoms with Gasteiger partial charge in [0, 0.05) is 16.8 Å². The van der Waals surface area contributed by atoms with Crippen molar-refractivity contribution >= 4 is 35.2 Å². The van der Waals surface area contributed by atoms with E-state index in [4.69, 9.17) is 9.55 Å². The van der Waals surface area contributed by atoms with Crippen LogP contribution in [-0.4, -0.2) is 22.2 Å². The summed E-state index contributed by atoms with van der Waals surface area (Å²) >= 11 is 0.565. The molecule has 0 bridgehead atoms. The molecule has 2 aromatic rings. The highest BCUT2D eigenvalue weighted by Crippen LogP contribution is 2.19. The summed E-state index contributed by atoms with van der Waals surface area (Å²) in [5, 5.41) is 3.17. The minimum Gasteiger partial charge on any atom is -0.347 e. The lowest BCUT2D eigenvalue weighted by atomic mass is 9.93. The molecule has 2 aromatic carbocycles. The van der Waals surface area contributed by atoms with Crippen LogP contribution in [0.4, 0.5) is 5.69 Å². The van der Waals surface area contributed by atoms with E-state index in [9.17, 15) is 4.79 Å². The SMILES string of the molecule is C/C=C(\N=C(C)C(Cc1ccc(NSO)cc1)NC(=O)C(C)(C)C)c1ccccc1. The highest BCUT2D eigenvalue weighted by Gasteiger charge is 2.25. The summed E-state index contributed by atoms with van der Waals surface area (Å²) in [6, 6.07) is 17.5. The maximum absolute atomic E-state index is 12.7. The maximum atomic E-state index is 12.7. The highest BCUT2D eigenvalue weighted by atomic mass is 32.2. The summed E-state index contributed by atoms with van der Waals surface area (Å²) in [5.74, 6) is -0.0150. The van der Waals surface area contributed by atoms with E-state index in [2.05, 4.69) is 10.0 Å². The summed E-state index contributed by atoms with van der Waals surface area (Å²) in [7, 11) is 0. The number of nitrogens with zero attached hydrogens (tertiary/aromatic N) is 1. The molecular weight excluding hydrogens is 394 g/mol. The van der Waals surface area contributed by atoms with Crippen LogP contribution in [0.3, 0.4) is 0 Å². The number of nitrogens with one attached hydrogen (secondary N) is 2. The smallest absolute Gasteiger partial charge is 0.225 e. The van der Waals surface area contributed by atoms with Gasteiger partial charge in [-0.15, -0.1) is 0 Å². The van der Waals surface area contributed by atoms with Crippen molar-refractivity contribution in [3.05, 3.63) is 71.8 Å². The van der Waals surface area contributed by atoms with Crippen molar-refractivity contribution in [2.45, 2.75) is 47.1 Å². The molecule has 0 fully saturated rings. The largest absolute Gasteiger partial charge is 0.347 e. The first kappa shape index (κ1) is 23.7.